The molecule has 1 fully saturated rings. The molecule has 1 rings (SSSR count). The first kappa shape index (κ1) is 11.5. The lowest BCUT2D eigenvalue weighted by Gasteiger charge is -2.26. The van der Waals surface area contributed by atoms with Crippen molar-refractivity contribution in [2.24, 2.45) is 0 Å². The third-order valence-electron chi connectivity index (χ3n) is 1.89. The predicted molar refractivity (Wildman–Crippen MR) is 53.1 cm³/mol. The molecule has 0 saturated carbocycles. The number of esters is 1. The van der Waals surface area contributed by atoms with E-state index < -0.39 is 0 Å². The minimum Gasteiger partial charge on any atom is -0.457 e. The van der Waals surface area contributed by atoms with E-state index in [2.05, 4.69) is 26.1 Å². The molecule has 0 amide bonds. The molecule has 0 aromatic heterocycles. The van der Waals surface area contributed by atoms with Crippen LogP contribution < -0.4 is 5.32 Å². The quantitative estimate of drug-likeness (QED) is 0.680. The molecule has 1 N–H and O–H groups in total. The molecule has 1 saturated heterocycles. The molecular formula is C10H19NO3. The Morgan fingerprint density at radius 3 is 2.57 bits per heavy atom. The summed E-state index contributed by atoms with van der Waals surface area (Å²) in [6.07, 6.45) is 0.422. The van der Waals surface area contributed by atoms with E-state index in [1.807, 2.05) is 0 Å². The maximum absolute atomic E-state index is 11.2. The van der Waals surface area contributed by atoms with Crippen molar-refractivity contribution in [1.29, 1.82) is 0 Å². The maximum atomic E-state index is 11.2. The van der Waals surface area contributed by atoms with Crippen molar-refractivity contribution in [2.45, 2.75) is 38.8 Å². The van der Waals surface area contributed by atoms with E-state index in [1.54, 1.807) is 0 Å². The first-order valence-corrected chi connectivity index (χ1v) is 4.99. The van der Waals surface area contributed by atoms with Gasteiger partial charge in [-0.3, -0.25) is 4.79 Å². The number of ether oxygens (including phenoxy) is 2. The fourth-order valence-corrected chi connectivity index (χ4v) is 1.07. The van der Waals surface area contributed by atoms with E-state index in [9.17, 15) is 4.79 Å². The number of hydrogen-bond acceptors (Lipinski definition) is 4. The zero-order valence-corrected chi connectivity index (χ0v) is 9.13. The van der Waals surface area contributed by atoms with Crippen LogP contribution in [0.25, 0.3) is 0 Å². The lowest BCUT2D eigenvalue weighted by molar-refractivity contribution is -0.172. The summed E-state index contributed by atoms with van der Waals surface area (Å²) in [4.78, 5) is 11.2. The van der Waals surface area contributed by atoms with Gasteiger partial charge < -0.3 is 14.8 Å². The monoisotopic (exact) mass is 201 g/mol. The molecule has 4 heteroatoms. The first-order valence-electron chi connectivity index (χ1n) is 4.99. The highest BCUT2D eigenvalue weighted by atomic mass is 16.6. The van der Waals surface area contributed by atoms with Gasteiger partial charge in [-0.25, -0.2) is 0 Å². The van der Waals surface area contributed by atoms with Crippen molar-refractivity contribution in [3.05, 3.63) is 0 Å². The molecule has 1 heterocycles. The number of carbonyl (C=O) groups excluding carboxylic acids is 1. The van der Waals surface area contributed by atoms with Crippen molar-refractivity contribution < 1.29 is 14.3 Å². The van der Waals surface area contributed by atoms with Crippen LogP contribution in [-0.4, -0.2) is 37.4 Å². The second kappa shape index (κ2) is 4.75. The third kappa shape index (κ3) is 4.58. The van der Waals surface area contributed by atoms with Gasteiger partial charge in [0.2, 0.25) is 0 Å². The number of rotatable bonds is 4. The summed E-state index contributed by atoms with van der Waals surface area (Å²) >= 11 is 0. The molecule has 0 spiro atoms. The molecule has 4 nitrogen and oxygen atoms in total. The molecule has 0 unspecified atom stereocenters. The Labute approximate surface area is 85.0 Å². The fraction of sp³-hybridized carbons (Fsp3) is 0.900. The van der Waals surface area contributed by atoms with Crippen LogP contribution in [0.1, 0.15) is 27.2 Å². The predicted octanol–water partition coefficient (Wildman–Crippen LogP) is 0.707. The van der Waals surface area contributed by atoms with Gasteiger partial charge in [0.15, 0.2) is 0 Å². The molecule has 1 aliphatic heterocycles. The van der Waals surface area contributed by atoms with Crippen molar-refractivity contribution in [2.75, 3.05) is 19.8 Å². The Bertz CT molecular complexity index is 194. The standard InChI is InChI=1S/C10H19NO3/c1-10(2,3)11-5-4-9(12)14-8-6-13-7-8/h8,11H,4-7H2,1-3H3. The van der Waals surface area contributed by atoms with Crippen LogP contribution in [0.2, 0.25) is 0 Å². The van der Waals surface area contributed by atoms with E-state index >= 15 is 0 Å². The molecule has 0 bridgehead atoms. The Kier molecular flexibility index (Phi) is 3.89. The number of carbonyl (C=O) groups is 1. The summed E-state index contributed by atoms with van der Waals surface area (Å²) < 4.78 is 10.00. The summed E-state index contributed by atoms with van der Waals surface area (Å²) in [6.45, 7) is 7.97. The second-order valence-corrected chi connectivity index (χ2v) is 4.58. The molecule has 0 atom stereocenters. The summed E-state index contributed by atoms with van der Waals surface area (Å²) in [5.41, 5.74) is 0.0554. The van der Waals surface area contributed by atoms with Gasteiger partial charge in [0.05, 0.1) is 19.6 Å². The molecule has 0 aliphatic carbocycles. The average molecular weight is 201 g/mol. The normalized spacial score (nSPS) is 17.6. The van der Waals surface area contributed by atoms with Crippen LogP contribution in [0.15, 0.2) is 0 Å². The van der Waals surface area contributed by atoms with E-state index in [0.29, 0.717) is 26.2 Å². The van der Waals surface area contributed by atoms with Crippen LogP contribution in [0, 0.1) is 0 Å². The van der Waals surface area contributed by atoms with Crippen LogP contribution in [0.4, 0.5) is 0 Å². The van der Waals surface area contributed by atoms with Gasteiger partial charge in [0, 0.05) is 12.1 Å². The number of hydrogen-bond donors (Lipinski definition) is 1. The van der Waals surface area contributed by atoms with Crippen molar-refractivity contribution >= 4 is 5.97 Å². The largest absolute Gasteiger partial charge is 0.457 e. The van der Waals surface area contributed by atoms with Crippen molar-refractivity contribution in [3.63, 3.8) is 0 Å². The van der Waals surface area contributed by atoms with Gasteiger partial charge in [-0.1, -0.05) is 0 Å². The maximum Gasteiger partial charge on any atom is 0.307 e. The van der Waals surface area contributed by atoms with Crippen molar-refractivity contribution in [1.82, 2.24) is 5.32 Å². The molecular weight excluding hydrogens is 182 g/mol. The second-order valence-electron chi connectivity index (χ2n) is 4.58. The summed E-state index contributed by atoms with van der Waals surface area (Å²) in [5.74, 6) is -0.143. The molecule has 0 aromatic rings. The molecule has 82 valence electrons. The summed E-state index contributed by atoms with van der Waals surface area (Å²) in [5, 5.41) is 3.23. The lowest BCUT2D eigenvalue weighted by atomic mass is 10.1. The highest BCUT2D eigenvalue weighted by molar-refractivity contribution is 5.69. The van der Waals surface area contributed by atoms with Gasteiger partial charge in [0.25, 0.3) is 0 Å². The SMILES string of the molecule is CC(C)(C)NCCC(=O)OC1COC1. The van der Waals surface area contributed by atoms with Gasteiger partial charge in [-0.15, -0.1) is 0 Å². The third-order valence-corrected chi connectivity index (χ3v) is 1.89. The zero-order valence-electron chi connectivity index (χ0n) is 9.13. The Morgan fingerprint density at radius 2 is 2.14 bits per heavy atom. The lowest BCUT2D eigenvalue weighted by Crippen LogP contribution is -2.40. The Balaban J connectivity index is 2.03. The molecule has 0 radical (unpaired) electrons. The smallest absolute Gasteiger partial charge is 0.307 e. The molecule has 0 aromatic carbocycles. The van der Waals surface area contributed by atoms with E-state index in [-0.39, 0.29) is 17.6 Å². The van der Waals surface area contributed by atoms with Gasteiger partial charge in [-0.2, -0.15) is 0 Å². The topological polar surface area (TPSA) is 47.6 Å². The van der Waals surface area contributed by atoms with Crippen LogP contribution >= 0.6 is 0 Å². The van der Waals surface area contributed by atoms with Gasteiger partial charge >= 0.3 is 5.97 Å². The van der Waals surface area contributed by atoms with E-state index in [0.717, 1.165) is 0 Å². The van der Waals surface area contributed by atoms with Crippen LogP contribution in [-0.2, 0) is 14.3 Å². The molecule has 14 heavy (non-hydrogen) atoms. The Morgan fingerprint density at radius 1 is 1.50 bits per heavy atom. The fourth-order valence-electron chi connectivity index (χ4n) is 1.07. The van der Waals surface area contributed by atoms with Gasteiger partial charge in [0.1, 0.15) is 6.10 Å². The van der Waals surface area contributed by atoms with Crippen LogP contribution in [0.5, 0.6) is 0 Å². The van der Waals surface area contributed by atoms with Crippen molar-refractivity contribution in [3.8, 4) is 0 Å². The minimum absolute atomic E-state index is 0.00265. The highest BCUT2D eigenvalue weighted by Gasteiger charge is 2.22. The summed E-state index contributed by atoms with van der Waals surface area (Å²) in [7, 11) is 0. The van der Waals surface area contributed by atoms with Gasteiger partial charge in [-0.05, 0) is 20.8 Å². The molecule has 1 aliphatic rings. The van der Waals surface area contributed by atoms with E-state index in [1.165, 1.54) is 0 Å². The minimum atomic E-state index is -0.143. The number of nitrogens with one attached hydrogen (secondary N) is 1. The zero-order chi connectivity index (χ0) is 10.6. The van der Waals surface area contributed by atoms with E-state index in [4.69, 9.17) is 9.47 Å². The summed E-state index contributed by atoms with van der Waals surface area (Å²) in [6, 6.07) is 0. The Hall–Kier alpha value is -0.610. The first-order chi connectivity index (χ1) is 6.47. The highest BCUT2D eigenvalue weighted by Crippen LogP contribution is 2.06. The average Bonchev–Trinajstić information content (AvgIpc) is 1.94. The van der Waals surface area contributed by atoms with Crippen LogP contribution in [0.3, 0.4) is 0 Å².